The van der Waals surface area contributed by atoms with Crippen LogP contribution in [-0.2, 0) is 14.3 Å². The SMILES string of the molecule is C[N+]1=CC2NC(C(=O)NC3SCCC3C(=O)NC3NCCO3)SC2=CC1. The van der Waals surface area contributed by atoms with Crippen molar-refractivity contribution in [2.45, 2.75) is 29.6 Å². The lowest BCUT2D eigenvalue weighted by Gasteiger charge is -2.22. The maximum atomic E-state index is 12.7. The Bertz CT molecular complexity index is 650. The number of amides is 2. The third-order valence-electron chi connectivity index (χ3n) is 4.82. The van der Waals surface area contributed by atoms with E-state index < -0.39 is 6.35 Å². The molecule has 4 heterocycles. The van der Waals surface area contributed by atoms with Gasteiger partial charge < -0.3 is 15.4 Å². The number of carbonyl (C=O) groups is 2. The Morgan fingerprint density at radius 3 is 3.04 bits per heavy atom. The molecular formula is C16H24N5O3S2+. The highest BCUT2D eigenvalue weighted by Crippen LogP contribution is 2.34. The third-order valence-corrected chi connectivity index (χ3v) is 7.37. The van der Waals surface area contributed by atoms with E-state index in [0.717, 1.165) is 25.3 Å². The molecule has 3 fully saturated rings. The van der Waals surface area contributed by atoms with Gasteiger partial charge in [0.2, 0.25) is 11.8 Å². The molecule has 26 heavy (non-hydrogen) atoms. The second kappa shape index (κ2) is 7.89. The van der Waals surface area contributed by atoms with Crippen LogP contribution in [-0.4, -0.2) is 78.2 Å². The molecule has 0 aliphatic carbocycles. The molecule has 4 aliphatic rings. The van der Waals surface area contributed by atoms with E-state index >= 15 is 0 Å². The second-order valence-corrected chi connectivity index (χ2v) is 9.17. The fraction of sp³-hybridized carbons (Fsp3) is 0.688. The van der Waals surface area contributed by atoms with Crippen LogP contribution >= 0.6 is 23.5 Å². The quantitative estimate of drug-likeness (QED) is 0.444. The van der Waals surface area contributed by atoms with Crippen LogP contribution < -0.4 is 21.3 Å². The smallest absolute Gasteiger partial charge is 0.248 e. The molecule has 0 saturated carbocycles. The van der Waals surface area contributed by atoms with Crippen molar-refractivity contribution < 1.29 is 18.9 Å². The summed E-state index contributed by atoms with van der Waals surface area (Å²) in [6.45, 7) is 2.20. The molecule has 4 rings (SSSR count). The van der Waals surface area contributed by atoms with Crippen molar-refractivity contribution in [1.29, 1.82) is 0 Å². The van der Waals surface area contributed by atoms with E-state index in [-0.39, 0.29) is 34.5 Å². The molecule has 0 radical (unpaired) electrons. The number of carbonyl (C=O) groups excluding carboxylic acids is 2. The van der Waals surface area contributed by atoms with E-state index in [1.165, 1.54) is 4.91 Å². The zero-order chi connectivity index (χ0) is 18.1. The Balaban J connectivity index is 1.32. The predicted molar refractivity (Wildman–Crippen MR) is 102 cm³/mol. The van der Waals surface area contributed by atoms with Crippen molar-refractivity contribution in [3.8, 4) is 0 Å². The number of ether oxygens (including phenoxy) is 1. The molecule has 3 saturated heterocycles. The number of rotatable bonds is 4. The first kappa shape index (κ1) is 18.3. The summed E-state index contributed by atoms with van der Waals surface area (Å²) < 4.78 is 7.48. The monoisotopic (exact) mass is 398 g/mol. The summed E-state index contributed by atoms with van der Waals surface area (Å²) in [4.78, 5) is 26.4. The minimum absolute atomic E-state index is 0.0613. The van der Waals surface area contributed by atoms with Crippen molar-refractivity contribution in [2.75, 3.05) is 32.5 Å². The molecule has 0 bridgehead atoms. The van der Waals surface area contributed by atoms with Gasteiger partial charge in [-0.05, 0) is 18.2 Å². The van der Waals surface area contributed by atoms with E-state index in [1.54, 1.807) is 23.5 Å². The van der Waals surface area contributed by atoms with Gasteiger partial charge in [-0.3, -0.25) is 20.2 Å². The Labute approximate surface area is 160 Å². The lowest BCUT2D eigenvalue weighted by atomic mass is 10.1. The maximum absolute atomic E-state index is 12.7. The summed E-state index contributed by atoms with van der Waals surface area (Å²) in [6, 6.07) is 0.107. The topological polar surface area (TPSA) is 94.5 Å². The Hall–Kier alpha value is -1.07. The van der Waals surface area contributed by atoms with Crippen molar-refractivity contribution in [1.82, 2.24) is 21.3 Å². The highest BCUT2D eigenvalue weighted by molar-refractivity contribution is 8.04. The van der Waals surface area contributed by atoms with Crippen LogP contribution in [0.2, 0.25) is 0 Å². The van der Waals surface area contributed by atoms with E-state index in [0.29, 0.717) is 6.61 Å². The molecule has 0 aromatic heterocycles. The predicted octanol–water partition coefficient (Wildman–Crippen LogP) is -1.16. The van der Waals surface area contributed by atoms with E-state index in [2.05, 4.69) is 38.1 Å². The number of likely N-dealkylation sites (N-methyl/N-ethyl adjacent to an activating group) is 1. The molecule has 0 aromatic rings. The van der Waals surface area contributed by atoms with Crippen LogP contribution in [0.5, 0.6) is 0 Å². The number of nitrogens with zero attached hydrogens (tertiary/aromatic N) is 1. The highest BCUT2D eigenvalue weighted by atomic mass is 32.2. The van der Waals surface area contributed by atoms with Gasteiger partial charge in [-0.2, -0.15) is 0 Å². The number of fused-ring (bicyclic) bond motifs is 1. The van der Waals surface area contributed by atoms with Crippen LogP contribution in [0.15, 0.2) is 11.0 Å². The first-order valence-electron chi connectivity index (χ1n) is 8.85. The van der Waals surface area contributed by atoms with Gasteiger partial charge in [0.15, 0.2) is 19.1 Å². The van der Waals surface area contributed by atoms with E-state index in [4.69, 9.17) is 4.74 Å². The molecule has 5 unspecified atom stereocenters. The fourth-order valence-corrected chi connectivity index (χ4v) is 5.87. The molecule has 142 valence electrons. The molecule has 8 nitrogen and oxygen atoms in total. The summed E-state index contributed by atoms with van der Waals surface area (Å²) in [5.41, 5.74) is 0. The van der Waals surface area contributed by atoms with Crippen LogP contribution in [0, 0.1) is 5.92 Å². The zero-order valence-electron chi connectivity index (χ0n) is 14.6. The van der Waals surface area contributed by atoms with Crippen LogP contribution in [0.1, 0.15) is 6.42 Å². The van der Waals surface area contributed by atoms with Crippen molar-refractivity contribution in [2.24, 2.45) is 5.92 Å². The molecule has 4 aliphatic heterocycles. The lowest BCUT2D eigenvalue weighted by molar-refractivity contribution is -0.484. The van der Waals surface area contributed by atoms with Gasteiger partial charge in [0.05, 0.1) is 17.9 Å². The summed E-state index contributed by atoms with van der Waals surface area (Å²) >= 11 is 3.19. The van der Waals surface area contributed by atoms with Gasteiger partial charge in [0.25, 0.3) is 0 Å². The maximum Gasteiger partial charge on any atom is 0.248 e. The average Bonchev–Trinajstić information content (AvgIpc) is 3.34. The van der Waals surface area contributed by atoms with Gasteiger partial charge >= 0.3 is 0 Å². The van der Waals surface area contributed by atoms with Crippen molar-refractivity contribution in [3.63, 3.8) is 0 Å². The van der Waals surface area contributed by atoms with Crippen molar-refractivity contribution in [3.05, 3.63) is 11.0 Å². The highest BCUT2D eigenvalue weighted by Gasteiger charge is 2.40. The molecule has 10 heteroatoms. The van der Waals surface area contributed by atoms with Crippen LogP contribution in [0.25, 0.3) is 0 Å². The molecular weight excluding hydrogens is 374 g/mol. The molecule has 5 atom stereocenters. The molecule has 0 spiro atoms. The van der Waals surface area contributed by atoms with Gasteiger partial charge in [-0.1, -0.05) is 11.8 Å². The largest absolute Gasteiger partial charge is 0.344 e. The first-order valence-corrected chi connectivity index (χ1v) is 10.8. The summed E-state index contributed by atoms with van der Waals surface area (Å²) in [5, 5.41) is 11.8. The number of hydrogen-bond acceptors (Lipinski definition) is 7. The minimum Gasteiger partial charge on any atom is -0.344 e. The van der Waals surface area contributed by atoms with E-state index in [1.807, 2.05) is 7.05 Å². The Morgan fingerprint density at radius 2 is 2.23 bits per heavy atom. The Morgan fingerprint density at radius 1 is 1.35 bits per heavy atom. The fourth-order valence-electron chi connectivity index (χ4n) is 3.43. The minimum atomic E-state index is -0.418. The van der Waals surface area contributed by atoms with Gasteiger partial charge in [-0.15, -0.1) is 11.8 Å². The second-order valence-electron chi connectivity index (χ2n) is 6.75. The number of nitrogens with one attached hydrogen (secondary N) is 4. The summed E-state index contributed by atoms with van der Waals surface area (Å²) in [6.07, 6.45) is 4.60. The summed E-state index contributed by atoms with van der Waals surface area (Å²) in [5.74, 6) is 0.493. The molecule has 0 aromatic carbocycles. The normalized spacial score (nSPS) is 36.3. The Kier molecular flexibility index (Phi) is 5.55. The van der Waals surface area contributed by atoms with Gasteiger partial charge in [-0.25, -0.2) is 4.58 Å². The van der Waals surface area contributed by atoms with Crippen LogP contribution in [0.4, 0.5) is 0 Å². The van der Waals surface area contributed by atoms with Crippen molar-refractivity contribution >= 4 is 41.6 Å². The third kappa shape index (κ3) is 3.94. The number of thioether (sulfide) groups is 2. The van der Waals surface area contributed by atoms with Gasteiger partial charge in [0, 0.05) is 11.4 Å². The molecule has 2 amide bonds. The standard InChI is InChI=1S/C16H23N5O3S2/c1-21-5-2-11-10(8-21)18-15(26-11)13(23)19-14-9(3-7-25-14)12(22)20-16-17-4-6-24-16/h2,8-10,14-18H,3-7H2,1H3,(H-,19,20,22,23)/p+1. The number of hydrogen-bond donors (Lipinski definition) is 4. The van der Waals surface area contributed by atoms with Crippen LogP contribution in [0.3, 0.4) is 0 Å². The molecule has 4 N–H and O–H groups in total. The zero-order valence-corrected chi connectivity index (χ0v) is 16.2. The lowest BCUT2D eigenvalue weighted by Crippen LogP contribution is -2.51. The summed E-state index contributed by atoms with van der Waals surface area (Å²) in [7, 11) is 2.02. The first-order chi connectivity index (χ1) is 12.6. The van der Waals surface area contributed by atoms with E-state index in [9.17, 15) is 9.59 Å². The van der Waals surface area contributed by atoms with Gasteiger partial charge in [0.1, 0.15) is 18.5 Å². The average molecular weight is 399 g/mol.